The predicted molar refractivity (Wildman–Crippen MR) is 157 cm³/mol. The van der Waals surface area contributed by atoms with Crippen LogP contribution in [0.15, 0.2) is 72.3 Å². The smallest absolute Gasteiger partial charge is 0.295 e. The molecule has 2 aliphatic heterocycles. The van der Waals surface area contributed by atoms with Crippen LogP contribution < -0.4 is 14.2 Å². The Morgan fingerprint density at radius 2 is 1.83 bits per heavy atom. The van der Waals surface area contributed by atoms with Gasteiger partial charge in [0.1, 0.15) is 17.6 Å². The van der Waals surface area contributed by atoms with Gasteiger partial charge in [-0.3, -0.25) is 9.59 Å². The number of methoxy groups -OCH3 is 1. The average molecular weight is 556 g/mol. The normalized spacial score (nSPS) is 19.2. The van der Waals surface area contributed by atoms with Crippen LogP contribution in [0.3, 0.4) is 0 Å². The van der Waals surface area contributed by atoms with E-state index in [4.69, 9.17) is 14.2 Å². The van der Waals surface area contributed by atoms with Gasteiger partial charge in [-0.2, -0.15) is 0 Å². The van der Waals surface area contributed by atoms with E-state index < -0.39 is 17.7 Å². The molecule has 0 spiro atoms. The first-order valence-electron chi connectivity index (χ1n) is 14.3. The number of hydrogen-bond acceptors (Lipinski definition) is 6. The van der Waals surface area contributed by atoms with Gasteiger partial charge in [-0.25, -0.2) is 0 Å². The van der Waals surface area contributed by atoms with E-state index in [2.05, 4.69) is 6.92 Å². The first-order valence-corrected chi connectivity index (χ1v) is 14.3. The monoisotopic (exact) mass is 555 g/mol. The number of amides is 1. The van der Waals surface area contributed by atoms with Crippen molar-refractivity contribution >= 4 is 17.4 Å². The number of likely N-dealkylation sites (tertiary alicyclic amines) is 1. The second-order valence-corrected chi connectivity index (χ2v) is 10.6. The van der Waals surface area contributed by atoms with Gasteiger partial charge in [-0.15, -0.1) is 0 Å². The molecule has 0 saturated carbocycles. The van der Waals surface area contributed by atoms with Crippen LogP contribution in [0.25, 0.3) is 5.76 Å². The zero-order chi connectivity index (χ0) is 28.9. The third kappa shape index (κ3) is 5.94. The first kappa shape index (κ1) is 28.3. The number of fused-ring (bicyclic) bond motifs is 1. The fourth-order valence-electron chi connectivity index (χ4n) is 5.58. The van der Waals surface area contributed by atoms with Crippen LogP contribution >= 0.6 is 0 Å². The summed E-state index contributed by atoms with van der Waals surface area (Å²) in [5.41, 5.74) is 3.22. The Kier molecular flexibility index (Phi) is 8.62. The summed E-state index contributed by atoms with van der Waals surface area (Å²) in [6.07, 6.45) is 4.42. The molecule has 214 valence electrons. The lowest BCUT2D eigenvalue weighted by molar-refractivity contribution is -0.139. The minimum absolute atomic E-state index is 0.0427. The number of hydrogen-bond donors (Lipinski definition) is 1. The van der Waals surface area contributed by atoms with Gasteiger partial charge < -0.3 is 24.2 Å². The summed E-state index contributed by atoms with van der Waals surface area (Å²) >= 11 is 0. The molecule has 0 bridgehead atoms. The Labute approximate surface area is 241 Å². The number of unbranched alkanes of at least 4 members (excludes halogenated alkanes) is 2. The number of carbonyl (C=O) groups excluding carboxylic acids is 2. The average Bonchev–Trinajstić information content (AvgIpc) is 3.49. The highest BCUT2D eigenvalue weighted by Crippen LogP contribution is 2.43. The molecule has 0 aromatic heterocycles. The fourth-order valence-corrected chi connectivity index (χ4v) is 5.58. The third-order valence-electron chi connectivity index (χ3n) is 7.70. The minimum atomic E-state index is -0.787. The molecule has 1 N–H and O–H groups in total. The maximum absolute atomic E-state index is 13.5. The Balaban J connectivity index is 1.54. The van der Waals surface area contributed by atoms with E-state index in [9.17, 15) is 14.7 Å². The second-order valence-electron chi connectivity index (χ2n) is 10.6. The SMILES string of the molecule is CCCCCOc1ccc([C@H]2C(=C(O)c3ccc4c(c3)C[C@H](C)O4)C(=O)C(=O)N2CCc2ccccc2)cc1OC. The number of rotatable bonds is 11. The molecule has 1 amide bonds. The van der Waals surface area contributed by atoms with Gasteiger partial charge in [-0.05, 0) is 66.8 Å². The Hall–Kier alpha value is -4.26. The van der Waals surface area contributed by atoms with Gasteiger partial charge in [0, 0.05) is 18.5 Å². The van der Waals surface area contributed by atoms with Crippen molar-refractivity contribution in [3.8, 4) is 17.2 Å². The molecule has 41 heavy (non-hydrogen) atoms. The molecule has 3 aromatic rings. The van der Waals surface area contributed by atoms with Gasteiger partial charge in [0.2, 0.25) is 0 Å². The van der Waals surface area contributed by atoms with Crippen molar-refractivity contribution in [2.75, 3.05) is 20.3 Å². The zero-order valence-electron chi connectivity index (χ0n) is 23.9. The summed E-state index contributed by atoms with van der Waals surface area (Å²) in [6.45, 7) is 5.01. The van der Waals surface area contributed by atoms with E-state index in [-0.39, 0.29) is 17.4 Å². The van der Waals surface area contributed by atoms with Gasteiger partial charge in [0.15, 0.2) is 11.5 Å². The molecule has 1 saturated heterocycles. The third-order valence-corrected chi connectivity index (χ3v) is 7.70. The highest BCUT2D eigenvalue weighted by atomic mass is 16.5. The van der Waals surface area contributed by atoms with Crippen LogP contribution in [0.1, 0.15) is 61.4 Å². The molecule has 7 heteroatoms. The second kappa shape index (κ2) is 12.5. The van der Waals surface area contributed by atoms with Crippen molar-refractivity contribution in [1.29, 1.82) is 0 Å². The lowest BCUT2D eigenvalue weighted by Crippen LogP contribution is -2.31. The molecule has 2 aliphatic rings. The van der Waals surface area contributed by atoms with Crippen LogP contribution in [-0.2, 0) is 22.4 Å². The van der Waals surface area contributed by atoms with Crippen LogP contribution in [0.5, 0.6) is 17.2 Å². The van der Waals surface area contributed by atoms with Crippen molar-refractivity contribution in [3.05, 3.63) is 94.6 Å². The Morgan fingerprint density at radius 3 is 2.59 bits per heavy atom. The Bertz CT molecular complexity index is 1450. The number of benzene rings is 3. The summed E-state index contributed by atoms with van der Waals surface area (Å²) in [5, 5.41) is 11.6. The lowest BCUT2D eigenvalue weighted by Gasteiger charge is -2.26. The summed E-state index contributed by atoms with van der Waals surface area (Å²) < 4.78 is 17.4. The van der Waals surface area contributed by atoms with Crippen LogP contribution in [0, 0.1) is 0 Å². The van der Waals surface area contributed by atoms with Crippen molar-refractivity contribution in [3.63, 3.8) is 0 Å². The summed E-state index contributed by atoms with van der Waals surface area (Å²) in [6, 6.07) is 19.9. The number of Topliss-reactive ketones (excluding diaryl/α,β-unsaturated/α-hetero) is 1. The molecular weight excluding hydrogens is 518 g/mol. The molecule has 3 aromatic carbocycles. The van der Waals surface area contributed by atoms with E-state index in [1.165, 1.54) is 0 Å². The number of nitrogens with zero attached hydrogens (tertiary/aromatic N) is 1. The van der Waals surface area contributed by atoms with Crippen LogP contribution in [0.4, 0.5) is 0 Å². The van der Waals surface area contributed by atoms with Crippen molar-refractivity contribution in [1.82, 2.24) is 4.90 Å². The molecule has 0 unspecified atom stereocenters. The summed E-state index contributed by atoms with van der Waals surface area (Å²) in [4.78, 5) is 28.6. The first-order chi connectivity index (χ1) is 19.9. The lowest BCUT2D eigenvalue weighted by atomic mass is 9.94. The zero-order valence-corrected chi connectivity index (χ0v) is 23.9. The van der Waals surface area contributed by atoms with E-state index in [1.807, 2.05) is 61.5 Å². The van der Waals surface area contributed by atoms with Crippen molar-refractivity contribution in [2.24, 2.45) is 0 Å². The number of aliphatic hydroxyl groups is 1. The van der Waals surface area contributed by atoms with Crippen molar-refractivity contribution < 1.29 is 28.9 Å². The summed E-state index contributed by atoms with van der Waals surface area (Å²) in [5.74, 6) is 0.344. The molecule has 5 rings (SSSR count). The topological polar surface area (TPSA) is 85.3 Å². The largest absolute Gasteiger partial charge is 0.507 e. The van der Waals surface area contributed by atoms with E-state index >= 15 is 0 Å². The highest BCUT2D eigenvalue weighted by molar-refractivity contribution is 6.46. The maximum atomic E-state index is 13.5. The number of carbonyl (C=O) groups is 2. The molecule has 0 aliphatic carbocycles. The number of aliphatic hydroxyl groups excluding tert-OH is 1. The fraction of sp³-hybridized carbons (Fsp3) is 0.353. The molecule has 2 heterocycles. The summed E-state index contributed by atoms with van der Waals surface area (Å²) in [7, 11) is 1.57. The molecule has 0 radical (unpaired) electrons. The van der Waals surface area contributed by atoms with Crippen LogP contribution in [0.2, 0.25) is 0 Å². The van der Waals surface area contributed by atoms with E-state index in [0.717, 1.165) is 36.1 Å². The van der Waals surface area contributed by atoms with Crippen molar-refractivity contribution in [2.45, 2.75) is 58.1 Å². The number of ketones is 1. The Morgan fingerprint density at radius 1 is 1.02 bits per heavy atom. The minimum Gasteiger partial charge on any atom is -0.507 e. The molecule has 7 nitrogen and oxygen atoms in total. The maximum Gasteiger partial charge on any atom is 0.295 e. The van der Waals surface area contributed by atoms with Gasteiger partial charge in [0.25, 0.3) is 11.7 Å². The van der Waals surface area contributed by atoms with Crippen LogP contribution in [-0.4, -0.2) is 48.1 Å². The highest BCUT2D eigenvalue weighted by Gasteiger charge is 2.46. The molecular formula is C34H37NO6. The number of ether oxygens (including phenoxy) is 3. The molecule has 2 atom stereocenters. The van der Waals surface area contributed by atoms with E-state index in [1.54, 1.807) is 24.1 Å². The predicted octanol–water partition coefficient (Wildman–Crippen LogP) is 6.25. The quantitative estimate of drug-likeness (QED) is 0.130. The molecule has 1 fully saturated rings. The van der Waals surface area contributed by atoms with Gasteiger partial charge in [-0.1, -0.05) is 56.2 Å². The van der Waals surface area contributed by atoms with E-state index in [0.29, 0.717) is 48.6 Å². The standard InChI is InChI=1S/C34H37NO6/c1-4-5-9-18-40-28-15-12-24(21-29(28)39-3)31-30(32(36)25-13-14-27-26(20-25)19-22(2)41-27)33(37)34(38)35(31)17-16-23-10-7-6-8-11-23/h6-8,10-15,20-22,31,36H,4-5,9,16-19H2,1-3H3/t22-,31-/m0/s1. The van der Waals surface area contributed by atoms with Gasteiger partial charge in [0.05, 0.1) is 25.3 Å². The van der Waals surface area contributed by atoms with Gasteiger partial charge >= 0.3 is 0 Å².